The lowest BCUT2D eigenvalue weighted by molar-refractivity contribution is 0.194. The molecule has 1 saturated heterocycles. The van der Waals surface area contributed by atoms with Crippen molar-refractivity contribution >= 4 is 0 Å². The number of hydrogen-bond acceptors (Lipinski definition) is 3. The van der Waals surface area contributed by atoms with Crippen molar-refractivity contribution in [2.75, 3.05) is 33.2 Å². The van der Waals surface area contributed by atoms with Gasteiger partial charge in [0.25, 0.3) is 0 Å². The van der Waals surface area contributed by atoms with Gasteiger partial charge in [-0.05, 0) is 39.9 Å². The van der Waals surface area contributed by atoms with Crippen molar-refractivity contribution in [3.05, 3.63) is 0 Å². The molecule has 1 unspecified atom stereocenters. The summed E-state index contributed by atoms with van der Waals surface area (Å²) < 4.78 is 0. The van der Waals surface area contributed by atoms with E-state index < -0.39 is 0 Å². The SMILES string of the molecule is CCN1CCCC1CN(C)C[C@H](C)N. The molecule has 0 amide bonds. The first-order valence-corrected chi connectivity index (χ1v) is 5.81. The van der Waals surface area contributed by atoms with Gasteiger partial charge in [-0.2, -0.15) is 0 Å². The van der Waals surface area contributed by atoms with Gasteiger partial charge in [0.2, 0.25) is 0 Å². The van der Waals surface area contributed by atoms with Crippen LogP contribution in [0, 0.1) is 0 Å². The first kappa shape index (κ1) is 12.0. The predicted octanol–water partition coefficient (Wildman–Crippen LogP) is 0.750. The maximum absolute atomic E-state index is 5.78. The average Bonchev–Trinajstić information content (AvgIpc) is 2.50. The molecule has 2 N–H and O–H groups in total. The van der Waals surface area contributed by atoms with Crippen molar-refractivity contribution in [2.45, 2.75) is 38.8 Å². The summed E-state index contributed by atoms with van der Waals surface area (Å²) in [4.78, 5) is 4.95. The Kier molecular flexibility index (Phi) is 4.85. The fourth-order valence-electron chi connectivity index (χ4n) is 2.44. The van der Waals surface area contributed by atoms with E-state index in [-0.39, 0.29) is 6.04 Å². The Balaban J connectivity index is 2.28. The molecule has 0 aliphatic carbocycles. The lowest BCUT2D eigenvalue weighted by Crippen LogP contribution is -2.42. The monoisotopic (exact) mass is 199 g/mol. The van der Waals surface area contributed by atoms with Crippen molar-refractivity contribution < 1.29 is 0 Å². The average molecular weight is 199 g/mol. The van der Waals surface area contributed by atoms with Gasteiger partial charge in [0.05, 0.1) is 0 Å². The number of rotatable bonds is 5. The van der Waals surface area contributed by atoms with Crippen molar-refractivity contribution in [2.24, 2.45) is 5.73 Å². The van der Waals surface area contributed by atoms with Gasteiger partial charge in [-0.3, -0.25) is 4.90 Å². The molecule has 0 saturated carbocycles. The highest BCUT2D eigenvalue weighted by molar-refractivity contribution is 4.80. The van der Waals surface area contributed by atoms with Gasteiger partial charge in [0, 0.05) is 25.2 Å². The van der Waals surface area contributed by atoms with Gasteiger partial charge < -0.3 is 10.6 Å². The second kappa shape index (κ2) is 5.69. The number of hydrogen-bond donors (Lipinski definition) is 1. The van der Waals surface area contributed by atoms with Gasteiger partial charge in [-0.1, -0.05) is 6.92 Å². The number of likely N-dealkylation sites (tertiary alicyclic amines) is 1. The van der Waals surface area contributed by atoms with E-state index in [4.69, 9.17) is 5.73 Å². The molecule has 14 heavy (non-hydrogen) atoms. The summed E-state index contributed by atoms with van der Waals surface area (Å²) in [5.74, 6) is 0. The summed E-state index contributed by atoms with van der Waals surface area (Å²) in [5.41, 5.74) is 5.78. The van der Waals surface area contributed by atoms with Gasteiger partial charge in [-0.15, -0.1) is 0 Å². The third-order valence-corrected chi connectivity index (χ3v) is 3.03. The van der Waals surface area contributed by atoms with Crippen LogP contribution in [0.25, 0.3) is 0 Å². The van der Waals surface area contributed by atoms with Crippen LogP contribution in [0.2, 0.25) is 0 Å². The molecule has 0 spiro atoms. The Morgan fingerprint density at radius 3 is 2.86 bits per heavy atom. The quantitative estimate of drug-likeness (QED) is 0.709. The molecule has 2 atom stereocenters. The van der Waals surface area contributed by atoms with Crippen LogP contribution in [0.5, 0.6) is 0 Å². The molecule has 1 heterocycles. The van der Waals surface area contributed by atoms with E-state index in [1.165, 1.54) is 32.5 Å². The minimum atomic E-state index is 0.288. The standard InChI is InChI=1S/C11H25N3/c1-4-14-7-5-6-11(14)9-13(3)8-10(2)12/h10-11H,4-9,12H2,1-3H3/t10-,11?/m0/s1. The lowest BCUT2D eigenvalue weighted by Gasteiger charge is -2.28. The Morgan fingerprint density at radius 2 is 2.29 bits per heavy atom. The fraction of sp³-hybridized carbons (Fsp3) is 1.00. The van der Waals surface area contributed by atoms with Crippen LogP contribution in [0.1, 0.15) is 26.7 Å². The van der Waals surface area contributed by atoms with Crippen molar-refractivity contribution in [3.8, 4) is 0 Å². The highest BCUT2D eigenvalue weighted by Gasteiger charge is 2.23. The molecule has 0 radical (unpaired) electrons. The van der Waals surface area contributed by atoms with E-state index in [0.29, 0.717) is 0 Å². The van der Waals surface area contributed by atoms with Crippen LogP contribution in [0.4, 0.5) is 0 Å². The molecule has 1 aliphatic heterocycles. The Labute approximate surface area is 88.2 Å². The maximum atomic E-state index is 5.78. The van der Waals surface area contributed by atoms with Gasteiger partial charge in [0.1, 0.15) is 0 Å². The number of nitrogens with zero attached hydrogens (tertiary/aromatic N) is 2. The number of likely N-dealkylation sites (N-methyl/N-ethyl adjacent to an activating group) is 2. The second-order valence-electron chi connectivity index (χ2n) is 4.62. The Morgan fingerprint density at radius 1 is 1.57 bits per heavy atom. The first-order chi connectivity index (χ1) is 6.63. The molecular formula is C11H25N3. The van der Waals surface area contributed by atoms with E-state index in [0.717, 1.165) is 12.6 Å². The highest BCUT2D eigenvalue weighted by Crippen LogP contribution is 2.17. The molecule has 1 rings (SSSR count). The predicted molar refractivity (Wildman–Crippen MR) is 61.4 cm³/mol. The third kappa shape index (κ3) is 3.56. The van der Waals surface area contributed by atoms with E-state index in [1.54, 1.807) is 0 Å². The van der Waals surface area contributed by atoms with Crippen molar-refractivity contribution in [1.29, 1.82) is 0 Å². The summed E-state index contributed by atoms with van der Waals surface area (Å²) in [6.45, 7) is 8.99. The molecule has 3 heteroatoms. The lowest BCUT2D eigenvalue weighted by atomic mass is 10.2. The van der Waals surface area contributed by atoms with E-state index >= 15 is 0 Å². The minimum absolute atomic E-state index is 0.288. The normalized spacial score (nSPS) is 25.9. The Hall–Kier alpha value is -0.120. The summed E-state index contributed by atoms with van der Waals surface area (Å²) in [5, 5.41) is 0. The third-order valence-electron chi connectivity index (χ3n) is 3.03. The minimum Gasteiger partial charge on any atom is -0.327 e. The van der Waals surface area contributed by atoms with Gasteiger partial charge in [-0.25, -0.2) is 0 Å². The van der Waals surface area contributed by atoms with Crippen LogP contribution >= 0.6 is 0 Å². The van der Waals surface area contributed by atoms with Gasteiger partial charge >= 0.3 is 0 Å². The molecule has 1 fully saturated rings. The summed E-state index contributed by atoms with van der Waals surface area (Å²) in [7, 11) is 2.18. The van der Waals surface area contributed by atoms with Crippen molar-refractivity contribution in [3.63, 3.8) is 0 Å². The Bertz CT molecular complexity index is 159. The van der Waals surface area contributed by atoms with Crippen LogP contribution < -0.4 is 5.73 Å². The van der Waals surface area contributed by atoms with Crippen LogP contribution in [0.15, 0.2) is 0 Å². The molecule has 0 aromatic heterocycles. The van der Waals surface area contributed by atoms with Crippen LogP contribution in [-0.4, -0.2) is 55.1 Å². The second-order valence-corrected chi connectivity index (χ2v) is 4.62. The fourth-order valence-corrected chi connectivity index (χ4v) is 2.44. The molecule has 3 nitrogen and oxygen atoms in total. The van der Waals surface area contributed by atoms with Crippen LogP contribution in [-0.2, 0) is 0 Å². The van der Waals surface area contributed by atoms with Crippen molar-refractivity contribution in [1.82, 2.24) is 9.80 Å². The summed E-state index contributed by atoms with van der Waals surface area (Å²) in [6, 6.07) is 1.06. The zero-order valence-electron chi connectivity index (χ0n) is 9.87. The van der Waals surface area contributed by atoms with Gasteiger partial charge in [0.15, 0.2) is 0 Å². The van der Waals surface area contributed by atoms with E-state index in [1.807, 2.05) is 0 Å². The first-order valence-electron chi connectivity index (χ1n) is 5.81. The highest BCUT2D eigenvalue weighted by atomic mass is 15.2. The molecular weight excluding hydrogens is 174 g/mol. The summed E-state index contributed by atoms with van der Waals surface area (Å²) in [6.07, 6.45) is 2.72. The van der Waals surface area contributed by atoms with Crippen LogP contribution in [0.3, 0.4) is 0 Å². The number of nitrogens with two attached hydrogens (primary N) is 1. The van der Waals surface area contributed by atoms with E-state index in [2.05, 4.69) is 30.7 Å². The van der Waals surface area contributed by atoms with E-state index in [9.17, 15) is 0 Å². The smallest absolute Gasteiger partial charge is 0.0223 e. The zero-order chi connectivity index (χ0) is 10.6. The zero-order valence-corrected chi connectivity index (χ0v) is 9.87. The largest absolute Gasteiger partial charge is 0.327 e. The topological polar surface area (TPSA) is 32.5 Å². The molecule has 0 bridgehead atoms. The molecule has 1 aliphatic rings. The molecule has 0 aromatic carbocycles. The molecule has 84 valence electrons. The molecule has 0 aromatic rings. The maximum Gasteiger partial charge on any atom is 0.0223 e. The summed E-state index contributed by atoms with van der Waals surface area (Å²) >= 11 is 0.